The van der Waals surface area contributed by atoms with E-state index in [0.717, 1.165) is 17.9 Å². The van der Waals surface area contributed by atoms with E-state index in [1.54, 1.807) is 10.7 Å². The van der Waals surface area contributed by atoms with Crippen LogP contribution in [0.2, 0.25) is 0 Å². The van der Waals surface area contributed by atoms with E-state index in [4.69, 9.17) is 5.11 Å². The fourth-order valence-corrected chi connectivity index (χ4v) is 3.24. The number of nitrogens with zero attached hydrogens (tertiary/aromatic N) is 2. The zero-order chi connectivity index (χ0) is 10.8. The van der Waals surface area contributed by atoms with Crippen molar-refractivity contribution in [2.45, 2.75) is 24.5 Å². The summed E-state index contributed by atoms with van der Waals surface area (Å²) in [5.41, 5.74) is 1.19. The van der Waals surface area contributed by atoms with Crippen molar-refractivity contribution < 1.29 is 9.90 Å². The average Bonchev–Trinajstić information content (AvgIpc) is 2.62. The highest BCUT2D eigenvalue weighted by Gasteiger charge is 2.21. The molecule has 0 aromatic carbocycles. The summed E-state index contributed by atoms with van der Waals surface area (Å²) in [5, 5.41) is 13.2. The first-order valence-electron chi connectivity index (χ1n) is 5.07. The number of aryl methyl sites for hydroxylation is 1. The van der Waals surface area contributed by atoms with E-state index in [2.05, 4.69) is 5.10 Å². The molecule has 1 aromatic heterocycles. The van der Waals surface area contributed by atoms with Gasteiger partial charge in [-0.3, -0.25) is 4.68 Å². The van der Waals surface area contributed by atoms with Gasteiger partial charge < -0.3 is 5.11 Å². The minimum atomic E-state index is -0.947. The van der Waals surface area contributed by atoms with Gasteiger partial charge in [-0.1, -0.05) is 6.42 Å². The molecule has 0 saturated carbocycles. The van der Waals surface area contributed by atoms with Gasteiger partial charge in [-0.2, -0.15) is 16.9 Å². The number of aromatic carboxylic acids is 1. The molecule has 1 saturated heterocycles. The van der Waals surface area contributed by atoms with E-state index in [1.807, 2.05) is 18.8 Å². The molecule has 1 fully saturated rings. The zero-order valence-corrected chi connectivity index (χ0v) is 9.46. The first kappa shape index (κ1) is 10.5. The van der Waals surface area contributed by atoms with Crippen molar-refractivity contribution in [3.63, 3.8) is 0 Å². The Morgan fingerprint density at radius 3 is 3.00 bits per heavy atom. The maximum absolute atomic E-state index is 10.8. The summed E-state index contributed by atoms with van der Waals surface area (Å²) in [4.78, 5) is 10.8. The summed E-state index contributed by atoms with van der Waals surface area (Å²) in [7, 11) is 1.82. The molecular formula is C10H14N2O2S. The molecule has 2 rings (SSSR count). The van der Waals surface area contributed by atoms with Crippen molar-refractivity contribution in [2.75, 3.05) is 5.75 Å². The molecule has 82 valence electrons. The monoisotopic (exact) mass is 226 g/mol. The van der Waals surface area contributed by atoms with Crippen molar-refractivity contribution in [3.8, 4) is 0 Å². The van der Waals surface area contributed by atoms with Gasteiger partial charge in [0.1, 0.15) is 0 Å². The van der Waals surface area contributed by atoms with Crippen LogP contribution in [0.15, 0.2) is 6.07 Å². The van der Waals surface area contributed by atoms with E-state index in [9.17, 15) is 4.79 Å². The smallest absolute Gasteiger partial charge is 0.356 e. The van der Waals surface area contributed by atoms with Gasteiger partial charge >= 0.3 is 5.97 Å². The van der Waals surface area contributed by atoms with Crippen molar-refractivity contribution in [2.24, 2.45) is 7.05 Å². The van der Waals surface area contributed by atoms with Gasteiger partial charge in [-0.05, 0) is 24.7 Å². The van der Waals surface area contributed by atoms with Gasteiger partial charge in [-0.15, -0.1) is 0 Å². The Balaban J connectivity index is 2.22. The maximum atomic E-state index is 10.8. The Labute approximate surface area is 92.7 Å². The summed E-state index contributed by atoms with van der Waals surface area (Å²) in [6, 6.07) is 1.70. The number of carbonyl (C=O) groups is 1. The molecule has 5 heteroatoms. The fraction of sp³-hybridized carbons (Fsp3) is 0.600. The van der Waals surface area contributed by atoms with Gasteiger partial charge in [0.15, 0.2) is 5.69 Å². The second kappa shape index (κ2) is 4.26. The molecule has 0 bridgehead atoms. The van der Waals surface area contributed by atoms with Crippen LogP contribution in [0.5, 0.6) is 0 Å². The van der Waals surface area contributed by atoms with E-state index in [-0.39, 0.29) is 5.69 Å². The Bertz CT molecular complexity index is 369. The van der Waals surface area contributed by atoms with Crippen molar-refractivity contribution in [1.82, 2.24) is 9.78 Å². The summed E-state index contributed by atoms with van der Waals surface area (Å²) in [5.74, 6) is 0.218. The van der Waals surface area contributed by atoms with Crippen LogP contribution in [0.25, 0.3) is 0 Å². The van der Waals surface area contributed by atoms with Crippen LogP contribution in [0.3, 0.4) is 0 Å². The highest BCUT2D eigenvalue weighted by molar-refractivity contribution is 7.99. The molecule has 1 unspecified atom stereocenters. The third-order valence-corrected chi connectivity index (χ3v) is 4.05. The third kappa shape index (κ3) is 2.17. The van der Waals surface area contributed by atoms with Crippen molar-refractivity contribution in [1.29, 1.82) is 0 Å². The summed E-state index contributed by atoms with van der Waals surface area (Å²) in [6.45, 7) is 0. The van der Waals surface area contributed by atoms with E-state index in [0.29, 0.717) is 5.25 Å². The normalized spacial score (nSPS) is 21.5. The molecule has 1 aromatic rings. The number of thioether (sulfide) groups is 1. The lowest BCUT2D eigenvalue weighted by Gasteiger charge is -2.20. The number of hydrogen-bond acceptors (Lipinski definition) is 3. The van der Waals surface area contributed by atoms with Gasteiger partial charge in [0.2, 0.25) is 0 Å². The lowest BCUT2D eigenvalue weighted by molar-refractivity contribution is 0.0689. The Morgan fingerprint density at radius 1 is 1.67 bits per heavy atom. The van der Waals surface area contributed by atoms with Crippen molar-refractivity contribution in [3.05, 3.63) is 17.5 Å². The van der Waals surface area contributed by atoms with Crippen LogP contribution < -0.4 is 0 Å². The van der Waals surface area contributed by atoms with Gasteiger partial charge in [0, 0.05) is 12.3 Å². The van der Waals surface area contributed by atoms with Gasteiger partial charge in [0.05, 0.1) is 5.69 Å². The molecule has 2 heterocycles. The standard InChI is InChI=1S/C10H14N2O2S/c1-12-8(6-7(11-12)10(13)14)9-4-2-3-5-15-9/h6,9H,2-5H2,1H3,(H,13,14). The Hall–Kier alpha value is -0.970. The molecule has 0 radical (unpaired) electrons. The first-order valence-corrected chi connectivity index (χ1v) is 6.12. The van der Waals surface area contributed by atoms with Crippen LogP contribution >= 0.6 is 11.8 Å². The molecule has 4 nitrogen and oxygen atoms in total. The quantitative estimate of drug-likeness (QED) is 0.838. The number of rotatable bonds is 2. The minimum Gasteiger partial charge on any atom is -0.476 e. The molecule has 1 aliphatic rings. The molecule has 1 aliphatic heterocycles. The number of carboxylic acids is 1. The lowest BCUT2D eigenvalue weighted by atomic mass is 10.1. The number of hydrogen-bond donors (Lipinski definition) is 1. The SMILES string of the molecule is Cn1nc(C(=O)O)cc1C1CCCCS1. The summed E-state index contributed by atoms with van der Waals surface area (Å²) < 4.78 is 1.70. The highest BCUT2D eigenvalue weighted by Crippen LogP contribution is 2.38. The molecule has 15 heavy (non-hydrogen) atoms. The fourth-order valence-electron chi connectivity index (χ4n) is 1.86. The maximum Gasteiger partial charge on any atom is 0.356 e. The van der Waals surface area contributed by atoms with Crippen LogP contribution in [0.4, 0.5) is 0 Å². The van der Waals surface area contributed by atoms with Crippen LogP contribution in [0.1, 0.15) is 40.7 Å². The predicted molar refractivity (Wildman–Crippen MR) is 59.2 cm³/mol. The number of carboxylic acid groups (broad SMARTS) is 1. The predicted octanol–water partition coefficient (Wildman–Crippen LogP) is 2.08. The van der Waals surface area contributed by atoms with Crippen molar-refractivity contribution >= 4 is 17.7 Å². The van der Waals surface area contributed by atoms with E-state index < -0.39 is 5.97 Å². The average molecular weight is 226 g/mol. The highest BCUT2D eigenvalue weighted by atomic mass is 32.2. The zero-order valence-electron chi connectivity index (χ0n) is 8.64. The third-order valence-electron chi connectivity index (χ3n) is 2.64. The lowest BCUT2D eigenvalue weighted by Crippen LogP contribution is -2.07. The second-order valence-corrected chi connectivity index (χ2v) is 5.05. The Morgan fingerprint density at radius 2 is 2.47 bits per heavy atom. The van der Waals surface area contributed by atoms with Gasteiger partial charge in [0.25, 0.3) is 0 Å². The summed E-state index contributed by atoms with van der Waals surface area (Å²) in [6.07, 6.45) is 3.62. The van der Waals surface area contributed by atoms with Crippen LogP contribution in [-0.2, 0) is 7.05 Å². The van der Waals surface area contributed by atoms with Gasteiger partial charge in [-0.25, -0.2) is 4.79 Å². The minimum absolute atomic E-state index is 0.152. The largest absolute Gasteiger partial charge is 0.476 e. The number of aromatic nitrogens is 2. The molecule has 0 spiro atoms. The molecule has 1 atom stereocenters. The molecule has 1 N–H and O–H groups in total. The van der Waals surface area contributed by atoms with Crippen LogP contribution in [-0.4, -0.2) is 26.6 Å². The molecule has 0 amide bonds. The van der Waals surface area contributed by atoms with Crippen LogP contribution in [0, 0.1) is 0 Å². The van der Waals surface area contributed by atoms with E-state index >= 15 is 0 Å². The molecule has 0 aliphatic carbocycles. The second-order valence-electron chi connectivity index (χ2n) is 3.74. The van der Waals surface area contributed by atoms with E-state index in [1.165, 1.54) is 12.8 Å². The summed E-state index contributed by atoms with van der Waals surface area (Å²) >= 11 is 1.90. The molecular weight excluding hydrogens is 212 g/mol. The first-order chi connectivity index (χ1) is 7.18. The topological polar surface area (TPSA) is 55.1 Å². The Kier molecular flexibility index (Phi) is 3.00.